The average Bonchev–Trinajstić information content (AvgIpc) is 2.81. The van der Waals surface area contributed by atoms with Gasteiger partial charge in [-0.3, -0.25) is 10.1 Å². The monoisotopic (exact) mass is 298 g/mol. The van der Waals surface area contributed by atoms with Crippen molar-refractivity contribution in [1.82, 2.24) is 10.3 Å². The van der Waals surface area contributed by atoms with Crippen molar-refractivity contribution < 1.29 is 9.53 Å². The van der Waals surface area contributed by atoms with E-state index < -0.39 is 0 Å². The largest absolute Gasteiger partial charge is 0.468 e. The van der Waals surface area contributed by atoms with E-state index in [1.165, 1.54) is 7.11 Å². The first-order valence-electron chi connectivity index (χ1n) is 7.00. The summed E-state index contributed by atoms with van der Waals surface area (Å²) in [5.41, 5.74) is 1.16. The molecule has 1 rings (SSSR count). The number of hydrogen-bond acceptors (Lipinski definition) is 5. The lowest BCUT2D eigenvalue weighted by atomic mass is 9.93. The highest BCUT2D eigenvalue weighted by molar-refractivity contribution is 7.09. The molecule has 0 radical (unpaired) electrons. The van der Waals surface area contributed by atoms with Crippen LogP contribution in [0.25, 0.3) is 0 Å². The van der Waals surface area contributed by atoms with E-state index in [1.54, 1.807) is 11.3 Å². The minimum atomic E-state index is -0.262. The van der Waals surface area contributed by atoms with Crippen LogP contribution in [-0.4, -0.2) is 24.1 Å². The van der Waals surface area contributed by atoms with Crippen molar-refractivity contribution in [3.63, 3.8) is 0 Å². The van der Waals surface area contributed by atoms with Gasteiger partial charge in [-0.15, -0.1) is 11.3 Å². The number of aromatic nitrogens is 1. The highest BCUT2D eigenvalue weighted by Gasteiger charge is 2.21. The third-order valence-electron chi connectivity index (χ3n) is 3.01. The molecule has 1 unspecified atom stereocenters. The lowest BCUT2D eigenvalue weighted by Crippen LogP contribution is -2.38. The summed E-state index contributed by atoms with van der Waals surface area (Å²) < 4.78 is 4.84. The van der Waals surface area contributed by atoms with E-state index in [0.29, 0.717) is 12.5 Å². The van der Waals surface area contributed by atoms with Gasteiger partial charge in [0.2, 0.25) is 0 Å². The number of nitrogens with zero attached hydrogens (tertiary/aromatic N) is 1. The Morgan fingerprint density at radius 3 is 2.55 bits per heavy atom. The quantitative estimate of drug-likeness (QED) is 0.820. The van der Waals surface area contributed by atoms with E-state index in [4.69, 9.17) is 4.74 Å². The van der Waals surface area contributed by atoms with Crippen LogP contribution < -0.4 is 5.32 Å². The van der Waals surface area contributed by atoms with E-state index in [-0.39, 0.29) is 17.4 Å². The first-order valence-corrected chi connectivity index (χ1v) is 7.88. The predicted octanol–water partition coefficient (Wildman–Crippen LogP) is 3.12. The van der Waals surface area contributed by atoms with E-state index in [2.05, 4.69) is 50.3 Å². The summed E-state index contributed by atoms with van der Waals surface area (Å²) >= 11 is 1.63. The van der Waals surface area contributed by atoms with Gasteiger partial charge >= 0.3 is 5.97 Å². The van der Waals surface area contributed by atoms with Crippen molar-refractivity contribution in [2.75, 3.05) is 7.11 Å². The van der Waals surface area contributed by atoms with Gasteiger partial charge in [-0.2, -0.15) is 0 Å². The molecule has 114 valence electrons. The molecule has 0 bridgehead atoms. The van der Waals surface area contributed by atoms with Crippen molar-refractivity contribution >= 4 is 17.3 Å². The normalized spacial score (nSPS) is 13.6. The zero-order valence-corrected chi connectivity index (χ0v) is 14.1. The molecule has 1 aromatic rings. The number of hydrogen-bond donors (Lipinski definition) is 1. The molecule has 0 amide bonds. The highest BCUT2D eigenvalue weighted by Crippen LogP contribution is 2.23. The first-order chi connectivity index (χ1) is 9.24. The van der Waals surface area contributed by atoms with Gasteiger partial charge in [0.15, 0.2) is 0 Å². The summed E-state index contributed by atoms with van der Waals surface area (Å²) in [7, 11) is 1.43. The van der Waals surface area contributed by atoms with Crippen molar-refractivity contribution in [2.45, 2.75) is 59.0 Å². The molecule has 20 heavy (non-hydrogen) atoms. The fraction of sp³-hybridized carbons (Fsp3) is 0.733. The Bertz CT molecular complexity index is 435. The maximum absolute atomic E-state index is 11.7. The zero-order chi connectivity index (χ0) is 15.3. The summed E-state index contributed by atoms with van der Waals surface area (Å²) in [4.78, 5) is 16.4. The third-order valence-corrected chi connectivity index (χ3v) is 3.86. The fourth-order valence-corrected chi connectivity index (χ4v) is 2.80. The molecule has 1 heterocycles. The molecule has 1 aromatic heterocycles. The van der Waals surface area contributed by atoms with Crippen molar-refractivity contribution in [1.29, 1.82) is 0 Å². The lowest BCUT2D eigenvalue weighted by Gasteiger charge is -2.17. The van der Waals surface area contributed by atoms with E-state index in [1.807, 2.05) is 0 Å². The molecular weight excluding hydrogens is 272 g/mol. The summed E-state index contributed by atoms with van der Waals surface area (Å²) in [6, 6.07) is -0.262. The second-order valence-electron chi connectivity index (χ2n) is 6.46. The first kappa shape index (κ1) is 17.1. The Hall–Kier alpha value is -0.940. The van der Waals surface area contributed by atoms with Crippen LogP contribution in [0.4, 0.5) is 0 Å². The highest BCUT2D eigenvalue weighted by atomic mass is 32.1. The molecule has 0 aliphatic carbocycles. The minimum Gasteiger partial charge on any atom is -0.468 e. The number of esters is 1. The molecule has 0 saturated carbocycles. The van der Waals surface area contributed by atoms with Crippen LogP contribution in [-0.2, 0) is 21.5 Å². The van der Waals surface area contributed by atoms with Gasteiger partial charge in [-0.1, -0.05) is 34.6 Å². The van der Waals surface area contributed by atoms with Crippen molar-refractivity contribution in [2.24, 2.45) is 5.92 Å². The van der Waals surface area contributed by atoms with Gasteiger partial charge in [0.1, 0.15) is 11.0 Å². The molecule has 0 aromatic carbocycles. The van der Waals surface area contributed by atoms with Crippen LogP contribution in [0.1, 0.15) is 51.7 Å². The minimum absolute atomic E-state index is 0.0639. The third kappa shape index (κ3) is 5.21. The van der Waals surface area contributed by atoms with Crippen LogP contribution in [0.3, 0.4) is 0 Å². The molecule has 5 heteroatoms. The average molecular weight is 298 g/mol. The topological polar surface area (TPSA) is 51.2 Å². The molecule has 0 spiro atoms. The second kappa shape index (κ2) is 7.18. The molecule has 4 nitrogen and oxygen atoms in total. The van der Waals surface area contributed by atoms with Crippen LogP contribution in [0.2, 0.25) is 0 Å². The number of carbonyl (C=O) groups excluding carboxylic acids is 1. The summed E-state index contributed by atoms with van der Waals surface area (Å²) in [6.45, 7) is 11.2. The van der Waals surface area contributed by atoms with Crippen LogP contribution >= 0.6 is 11.3 Å². The number of thiazole rings is 1. The SMILES string of the molecule is COC(=O)C(CC(C)C)NCc1nc(C(C)(C)C)cs1. The maximum Gasteiger partial charge on any atom is 0.322 e. The second-order valence-corrected chi connectivity index (χ2v) is 7.41. The van der Waals surface area contributed by atoms with Gasteiger partial charge in [0, 0.05) is 17.3 Å². The summed E-state index contributed by atoms with van der Waals surface area (Å²) in [6.07, 6.45) is 0.768. The smallest absolute Gasteiger partial charge is 0.322 e. The van der Waals surface area contributed by atoms with E-state index >= 15 is 0 Å². The summed E-state index contributed by atoms with van der Waals surface area (Å²) in [5, 5.41) is 6.35. The molecular formula is C15H26N2O2S. The molecule has 0 aliphatic heterocycles. The van der Waals surface area contributed by atoms with Gasteiger partial charge in [-0.25, -0.2) is 4.98 Å². The van der Waals surface area contributed by atoms with Crippen LogP contribution in [0.15, 0.2) is 5.38 Å². The number of ether oxygens (including phenoxy) is 1. The Morgan fingerprint density at radius 2 is 2.10 bits per heavy atom. The maximum atomic E-state index is 11.7. The Balaban J connectivity index is 2.63. The van der Waals surface area contributed by atoms with Crippen LogP contribution in [0.5, 0.6) is 0 Å². The fourth-order valence-electron chi connectivity index (χ4n) is 1.82. The Kier molecular flexibility index (Phi) is 6.14. The predicted molar refractivity (Wildman–Crippen MR) is 82.9 cm³/mol. The Labute approximate surface area is 125 Å². The standard InChI is InChI=1S/C15H26N2O2S/c1-10(2)7-11(14(18)19-6)16-8-13-17-12(9-20-13)15(3,4)5/h9-11,16H,7-8H2,1-6H3. The Morgan fingerprint density at radius 1 is 1.45 bits per heavy atom. The molecule has 0 saturated heterocycles. The number of methoxy groups -OCH3 is 1. The van der Waals surface area contributed by atoms with Crippen molar-refractivity contribution in [3.8, 4) is 0 Å². The van der Waals surface area contributed by atoms with Crippen molar-refractivity contribution in [3.05, 3.63) is 16.1 Å². The van der Waals surface area contributed by atoms with Crippen LogP contribution in [0, 0.1) is 5.92 Å². The summed E-state index contributed by atoms with van der Waals surface area (Å²) in [5.74, 6) is 0.235. The number of carbonyl (C=O) groups is 1. The van der Waals surface area contributed by atoms with Gasteiger partial charge < -0.3 is 4.74 Å². The number of rotatable bonds is 6. The number of nitrogens with one attached hydrogen (secondary N) is 1. The molecule has 0 fully saturated rings. The van der Waals surface area contributed by atoms with Gasteiger partial charge in [0.25, 0.3) is 0 Å². The molecule has 1 N–H and O–H groups in total. The zero-order valence-electron chi connectivity index (χ0n) is 13.3. The van der Waals surface area contributed by atoms with Gasteiger partial charge in [0.05, 0.1) is 12.8 Å². The molecule has 1 atom stereocenters. The van der Waals surface area contributed by atoms with Gasteiger partial charge in [-0.05, 0) is 12.3 Å². The van der Waals surface area contributed by atoms with E-state index in [0.717, 1.165) is 17.1 Å². The van der Waals surface area contributed by atoms with E-state index in [9.17, 15) is 4.79 Å². The molecule has 0 aliphatic rings. The lowest BCUT2D eigenvalue weighted by molar-refractivity contribution is -0.143.